The molecule has 3 fully saturated rings. The first kappa shape index (κ1) is 12.9. The van der Waals surface area contributed by atoms with Gasteiger partial charge in [-0.3, -0.25) is 0 Å². The summed E-state index contributed by atoms with van der Waals surface area (Å²) in [6.07, 6.45) is 4.07. The molecule has 0 aliphatic heterocycles. The topological polar surface area (TPSA) is 41.5 Å². The van der Waals surface area contributed by atoms with Crippen molar-refractivity contribution in [2.75, 3.05) is 19.8 Å². The third kappa shape index (κ3) is 2.45. The van der Waals surface area contributed by atoms with Crippen molar-refractivity contribution in [2.45, 2.75) is 45.3 Å². The molecule has 0 radical (unpaired) electrons. The van der Waals surface area contributed by atoms with Crippen LogP contribution >= 0.6 is 0 Å². The molecule has 0 amide bonds. The second-order valence-electron chi connectivity index (χ2n) is 7.01. The monoisotopic (exact) mass is 253 g/mol. The van der Waals surface area contributed by atoms with Crippen LogP contribution in [-0.2, 0) is 4.74 Å². The van der Waals surface area contributed by atoms with E-state index in [4.69, 9.17) is 4.74 Å². The fraction of sp³-hybridized carbons (Fsp3) is 1.00. The quantitative estimate of drug-likeness (QED) is 0.725. The smallest absolute Gasteiger partial charge is 0.0897 e. The number of nitrogens with one attached hydrogen (secondary N) is 1. The number of fused-ring (bicyclic) bond motifs is 5. The number of hydrogen-bond donors (Lipinski definition) is 2. The highest BCUT2D eigenvalue weighted by atomic mass is 16.5. The van der Waals surface area contributed by atoms with Gasteiger partial charge in [0.25, 0.3) is 0 Å². The molecule has 2 N–H and O–H groups in total. The molecule has 3 rings (SSSR count). The predicted molar refractivity (Wildman–Crippen MR) is 71.3 cm³/mol. The molecule has 0 saturated heterocycles. The van der Waals surface area contributed by atoms with Crippen LogP contribution in [0.2, 0.25) is 0 Å². The van der Waals surface area contributed by atoms with Crippen LogP contribution in [0.25, 0.3) is 0 Å². The Morgan fingerprint density at radius 2 is 1.83 bits per heavy atom. The summed E-state index contributed by atoms with van der Waals surface area (Å²) in [5.74, 6) is 4.46. The fourth-order valence-electron chi connectivity index (χ4n) is 4.37. The number of aliphatic hydroxyl groups is 1. The van der Waals surface area contributed by atoms with E-state index >= 15 is 0 Å². The van der Waals surface area contributed by atoms with Crippen LogP contribution in [0.5, 0.6) is 0 Å². The molecule has 2 bridgehead atoms. The highest BCUT2D eigenvalue weighted by Crippen LogP contribution is 2.65. The molecule has 0 aromatic rings. The summed E-state index contributed by atoms with van der Waals surface area (Å²) in [5.41, 5.74) is 0. The van der Waals surface area contributed by atoms with Gasteiger partial charge in [0.15, 0.2) is 0 Å². The lowest BCUT2D eigenvalue weighted by Gasteiger charge is -2.15. The molecule has 3 heteroatoms. The van der Waals surface area contributed by atoms with Crippen molar-refractivity contribution in [2.24, 2.45) is 29.6 Å². The van der Waals surface area contributed by atoms with Gasteiger partial charge in [-0.05, 0) is 48.9 Å². The molecule has 5 atom stereocenters. The average molecular weight is 253 g/mol. The van der Waals surface area contributed by atoms with Gasteiger partial charge in [-0.25, -0.2) is 0 Å². The molecule has 18 heavy (non-hydrogen) atoms. The molecule has 0 spiro atoms. The lowest BCUT2D eigenvalue weighted by Crippen LogP contribution is -2.34. The van der Waals surface area contributed by atoms with Gasteiger partial charge in [0.1, 0.15) is 0 Å². The Labute approximate surface area is 110 Å². The maximum absolute atomic E-state index is 9.86. The van der Waals surface area contributed by atoms with E-state index in [-0.39, 0.29) is 6.10 Å². The van der Waals surface area contributed by atoms with Crippen molar-refractivity contribution in [1.82, 2.24) is 5.32 Å². The van der Waals surface area contributed by atoms with Crippen LogP contribution < -0.4 is 5.32 Å². The molecular weight excluding hydrogens is 226 g/mol. The maximum Gasteiger partial charge on any atom is 0.0897 e. The minimum Gasteiger partial charge on any atom is -0.389 e. The maximum atomic E-state index is 9.86. The molecule has 3 aliphatic rings. The van der Waals surface area contributed by atoms with E-state index in [9.17, 15) is 5.11 Å². The number of aliphatic hydroxyl groups excluding tert-OH is 1. The lowest BCUT2D eigenvalue weighted by atomic mass is 10.0. The Morgan fingerprint density at radius 3 is 2.44 bits per heavy atom. The number of ether oxygens (including phenoxy) is 1. The van der Waals surface area contributed by atoms with Gasteiger partial charge in [-0.15, -0.1) is 0 Å². The second kappa shape index (κ2) is 5.10. The Morgan fingerprint density at radius 1 is 1.17 bits per heavy atom. The van der Waals surface area contributed by atoms with Gasteiger partial charge in [0.2, 0.25) is 0 Å². The number of hydrogen-bond acceptors (Lipinski definition) is 3. The highest BCUT2D eigenvalue weighted by Gasteiger charge is 2.64. The van der Waals surface area contributed by atoms with E-state index in [1.54, 1.807) is 0 Å². The average Bonchev–Trinajstić information content (AvgIpc) is 2.71. The van der Waals surface area contributed by atoms with Gasteiger partial charge < -0.3 is 15.2 Å². The van der Waals surface area contributed by atoms with E-state index in [1.807, 2.05) is 0 Å². The molecule has 0 aromatic heterocycles. The predicted octanol–water partition coefficient (Wildman–Crippen LogP) is 1.65. The third-order valence-corrected chi connectivity index (χ3v) is 5.09. The minimum absolute atomic E-state index is 0.345. The minimum atomic E-state index is -0.345. The number of rotatable bonds is 7. The standard InChI is InChI=1S/C15H27NO2/c1-9(2)7-18-8-12(17)6-16-15-13-10-3-4-11(5-10)14(13)15/h9-17H,3-8H2,1-2H3. The van der Waals surface area contributed by atoms with Crippen molar-refractivity contribution < 1.29 is 9.84 Å². The summed E-state index contributed by atoms with van der Waals surface area (Å²) in [5, 5.41) is 13.4. The Bertz CT molecular complexity index is 278. The molecule has 3 nitrogen and oxygen atoms in total. The van der Waals surface area contributed by atoms with Gasteiger partial charge in [-0.2, -0.15) is 0 Å². The van der Waals surface area contributed by atoms with Crippen molar-refractivity contribution in [1.29, 1.82) is 0 Å². The molecule has 104 valence electrons. The highest BCUT2D eigenvalue weighted by molar-refractivity contribution is 5.16. The van der Waals surface area contributed by atoms with E-state index in [2.05, 4.69) is 19.2 Å². The second-order valence-corrected chi connectivity index (χ2v) is 7.01. The first-order valence-corrected chi connectivity index (χ1v) is 7.66. The molecule has 3 saturated carbocycles. The van der Waals surface area contributed by atoms with Gasteiger partial charge in [0, 0.05) is 19.2 Å². The Hall–Kier alpha value is -0.120. The summed E-state index contributed by atoms with van der Waals surface area (Å²) in [4.78, 5) is 0. The SMILES string of the molecule is CC(C)COCC(O)CNC1C2C3CCC(C3)C12. The van der Waals surface area contributed by atoms with Crippen LogP contribution in [0.4, 0.5) is 0 Å². The molecule has 5 unspecified atom stereocenters. The van der Waals surface area contributed by atoms with Crippen LogP contribution in [0.3, 0.4) is 0 Å². The van der Waals surface area contributed by atoms with Crippen LogP contribution in [0.15, 0.2) is 0 Å². The van der Waals surface area contributed by atoms with E-state index < -0.39 is 0 Å². The van der Waals surface area contributed by atoms with Gasteiger partial charge >= 0.3 is 0 Å². The van der Waals surface area contributed by atoms with E-state index in [1.165, 1.54) is 19.3 Å². The van der Waals surface area contributed by atoms with Gasteiger partial charge in [-0.1, -0.05) is 13.8 Å². The van der Waals surface area contributed by atoms with E-state index in [0.29, 0.717) is 19.1 Å². The molecule has 0 heterocycles. The molecule has 0 aromatic carbocycles. The summed E-state index contributed by atoms with van der Waals surface area (Å²) < 4.78 is 5.47. The summed E-state index contributed by atoms with van der Waals surface area (Å²) in [6, 6.07) is 0.719. The zero-order valence-corrected chi connectivity index (χ0v) is 11.6. The van der Waals surface area contributed by atoms with Crippen LogP contribution in [0.1, 0.15) is 33.1 Å². The molecular formula is C15H27NO2. The normalized spacial score (nSPS) is 42.3. The fourth-order valence-corrected chi connectivity index (χ4v) is 4.37. The molecule has 3 aliphatic carbocycles. The van der Waals surface area contributed by atoms with Crippen LogP contribution in [0, 0.1) is 29.6 Å². The summed E-state index contributed by atoms with van der Waals surface area (Å²) in [7, 11) is 0. The van der Waals surface area contributed by atoms with Crippen molar-refractivity contribution in [3.05, 3.63) is 0 Å². The Kier molecular flexibility index (Phi) is 3.65. The first-order chi connectivity index (χ1) is 8.66. The van der Waals surface area contributed by atoms with Crippen molar-refractivity contribution in [3.8, 4) is 0 Å². The summed E-state index contributed by atoms with van der Waals surface area (Å²) >= 11 is 0. The zero-order valence-electron chi connectivity index (χ0n) is 11.6. The van der Waals surface area contributed by atoms with Crippen molar-refractivity contribution in [3.63, 3.8) is 0 Å². The zero-order chi connectivity index (χ0) is 12.7. The van der Waals surface area contributed by atoms with Crippen LogP contribution in [-0.4, -0.2) is 37.0 Å². The lowest BCUT2D eigenvalue weighted by molar-refractivity contribution is 0.0256. The van der Waals surface area contributed by atoms with Gasteiger partial charge in [0.05, 0.1) is 12.7 Å². The summed E-state index contributed by atoms with van der Waals surface area (Å²) in [6.45, 7) is 6.18. The van der Waals surface area contributed by atoms with Crippen molar-refractivity contribution >= 4 is 0 Å². The third-order valence-electron chi connectivity index (χ3n) is 5.09. The Balaban J connectivity index is 1.31. The van der Waals surface area contributed by atoms with E-state index in [0.717, 1.165) is 36.3 Å². The largest absolute Gasteiger partial charge is 0.389 e. The first-order valence-electron chi connectivity index (χ1n) is 7.66.